The van der Waals surface area contributed by atoms with Gasteiger partial charge in [-0.05, 0) is 19.1 Å². The van der Waals surface area contributed by atoms with Crippen LogP contribution in [0.3, 0.4) is 0 Å². The van der Waals surface area contributed by atoms with Gasteiger partial charge in [0.05, 0.1) is 12.1 Å². The summed E-state index contributed by atoms with van der Waals surface area (Å²) in [4.78, 5) is 20.6. The van der Waals surface area contributed by atoms with Crippen LogP contribution in [0.15, 0.2) is 47.0 Å². The van der Waals surface area contributed by atoms with Crippen LogP contribution in [0.25, 0.3) is 11.4 Å². The molecule has 1 fully saturated rings. The monoisotopic (exact) mass is 398 g/mol. The Labute approximate surface area is 166 Å². The second-order valence-electron chi connectivity index (χ2n) is 7.07. The molecule has 29 heavy (non-hydrogen) atoms. The second kappa shape index (κ2) is 8.08. The average Bonchev–Trinajstić information content (AvgIpc) is 3.17. The van der Waals surface area contributed by atoms with Crippen LogP contribution >= 0.6 is 0 Å². The maximum Gasteiger partial charge on any atom is 0.256 e. The number of piperazine rings is 1. The van der Waals surface area contributed by atoms with E-state index in [9.17, 15) is 13.6 Å². The predicted molar refractivity (Wildman–Crippen MR) is 102 cm³/mol. The predicted octanol–water partition coefficient (Wildman–Crippen LogP) is 3.28. The van der Waals surface area contributed by atoms with Gasteiger partial charge in [-0.1, -0.05) is 35.0 Å². The van der Waals surface area contributed by atoms with Gasteiger partial charge in [-0.15, -0.1) is 0 Å². The molecule has 0 spiro atoms. The fraction of sp³-hybridized carbons (Fsp3) is 0.286. The number of carbonyl (C=O) groups is 1. The summed E-state index contributed by atoms with van der Waals surface area (Å²) < 4.78 is 32.3. The quantitative estimate of drug-likeness (QED) is 0.675. The van der Waals surface area contributed by atoms with E-state index >= 15 is 0 Å². The van der Waals surface area contributed by atoms with Gasteiger partial charge in [-0.25, -0.2) is 8.78 Å². The first kappa shape index (κ1) is 19.2. The first-order valence-electron chi connectivity index (χ1n) is 9.36. The average molecular weight is 398 g/mol. The Morgan fingerprint density at radius 3 is 2.48 bits per heavy atom. The zero-order valence-electron chi connectivity index (χ0n) is 15.9. The molecule has 0 bridgehead atoms. The van der Waals surface area contributed by atoms with E-state index in [0.29, 0.717) is 44.4 Å². The smallest absolute Gasteiger partial charge is 0.256 e. The van der Waals surface area contributed by atoms with E-state index in [1.54, 1.807) is 4.90 Å². The van der Waals surface area contributed by atoms with Gasteiger partial charge in [0.25, 0.3) is 5.91 Å². The van der Waals surface area contributed by atoms with Crippen LogP contribution in [0.5, 0.6) is 0 Å². The summed E-state index contributed by atoms with van der Waals surface area (Å²) in [5, 5.41) is 4.03. The Morgan fingerprint density at radius 2 is 1.79 bits per heavy atom. The lowest BCUT2D eigenvalue weighted by Gasteiger charge is -2.34. The molecule has 6 nitrogen and oxygen atoms in total. The van der Waals surface area contributed by atoms with Crippen molar-refractivity contribution in [3.05, 3.63) is 71.1 Å². The third kappa shape index (κ3) is 4.32. The number of aromatic nitrogens is 2. The van der Waals surface area contributed by atoms with Crippen LogP contribution in [-0.4, -0.2) is 52.0 Å². The number of halogens is 2. The van der Waals surface area contributed by atoms with Crippen molar-refractivity contribution in [1.29, 1.82) is 0 Å². The molecule has 4 rings (SSSR count). The fourth-order valence-electron chi connectivity index (χ4n) is 3.27. The number of hydrogen-bond acceptors (Lipinski definition) is 5. The SMILES string of the molecule is Cc1ccc(-c2noc(CN3CCN(C(=O)c4ccc(F)cc4F)CC3)n2)cc1. The molecule has 2 heterocycles. The zero-order chi connectivity index (χ0) is 20.4. The third-order valence-corrected chi connectivity index (χ3v) is 4.96. The summed E-state index contributed by atoms with van der Waals surface area (Å²) in [5.74, 6) is -0.924. The van der Waals surface area contributed by atoms with Gasteiger partial charge in [0.15, 0.2) is 0 Å². The largest absolute Gasteiger partial charge is 0.338 e. The molecule has 1 saturated heterocycles. The molecule has 0 saturated carbocycles. The van der Waals surface area contributed by atoms with Crippen molar-refractivity contribution in [3.8, 4) is 11.4 Å². The lowest BCUT2D eigenvalue weighted by molar-refractivity contribution is 0.0610. The van der Waals surface area contributed by atoms with Crippen molar-refractivity contribution < 1.29 is 18.1 Å². The van der Waals surface area contributed by atoms with Crippen LogP contribution in [-0.2, 0) is 6.54 Å². The highest BCUT2D eigenvalue weighted by Gasteiger charge is 2.25. The Morgan fingerprint density at radius 1 is 1.07 bits per heavy atom. The van der Waals surface area contributed by atoms with Crippen molar-refractivity contribution in [1.82, 2.24) is 19.9 Å². The van der Waals surface area contributed by atoms with Crippen LogP contribution in [0.4, 0.5) is 8.78 Å². The van der Waals surface area contributed by atoms with Crippen LogP contribution in [0.1, 0.15) is 21.8 Å². The minimum atomic E-state index is -0.841. The van der Waals surface area contributed by atoms with E-state index in [0.717, 1.165) is 23.3 Å². The first-order chi connectivity index (χ1) is 14.0. The molecule has 8 heteroatoms. The van der Waals surface area contributed by atoms with Gasteiger partial charge in [0.1, 0.15) is 11.6 Å². The summed E-state index contributed by atoms with van der Waals surface area (Å²) in [7, 11) is 0. The topological polar surface area (TPSA) is 62.5 Å². The molecular weight excluding hydrogens is 378 g/mol. The Hall–Kier alpha value is -3.13. The van der Waals surface area contributed by atoms with E-state index in [1.165, 1.54) is 6.07 Å². The van der Waals surface area contributed by atoms with E-state index in [4.69, 9.17) is 4.52 Å². The summed E-state index contributed by atoms with van der Waals surface area (Å²) in [5.41, 5.74) is 1.94. The van der Waals surface area contributed by atoms with Gasteiger partial charge in [-0.2, -0.15) is 4.98 Å². The van der Waals surface area contributed by atoms with Crippen LogP contribution in [0.2, 0.25) is 0 Å². The number of carbonyl (C=O) groups excluding carboxylic acids is 1. The fourth-order valence-corrected chi connectivity index (χ4v) is 3.27. The molecule has 1 aliphatic rings. The highest BCUT2D eigenvalue weighted by molar-refractivity contribution is 5.94. The van der Waals surface area contributed by atoms with Crippen LogP contribution < -0.4 is 0 Å². The molecule has 3 aromatic rings. The minimum absolute atomic E-state index is 0.112. The Bertz CT molecular complexity index is 1010. The van der Waals surface area contributed by atoms with E-state index in [1.807, 2.05) is 31.2 Å². The van der Waals surface area contributed by atoms with E-state index in [2.05, 4.69) is 15.0 Å². The zero-order valence-corrected chi connectivity index (χ0v) is 15.9. The second-order valence-corrected chi connectivity index (χ2v) is 7.07. The Balaban J connectivity index is 1.34. The normalized spacial score (nSPS) is 14.9. The molecule has 0 unspecified atom stereocenters. The molecule has 1 amide bonds. The Kier molecular flexibility index (Phi) is 5.35. The molecule has 0 N–H and O–H groups in total. The van der Waals surface area contributed by atoms with Crippen molar-refractivity contribution in [3.63, 3.8) is 0 Å². The number of amides is 1. The lowest BCUT2D eigenvalue weighted by atomic mass is 10.1. The van der Waals surface area contributed by atoms with Gasteiger partial charge >= 0.3 is 0 Å². The molecule has 0 radical (unpaired) electrons. The van der Waals surface area contributed by atoms with Crippen molar-refractivity contribution in [2.75, 3.05) is 26.2 Å². The van der Waals surface area contributed by atoms with Crippen molar-refractivity contribution in [2.24, 2.45) is 0 Å². The van der Waals surface area contributed by atoms with Gasteiger partial charge in [-0.3, -0.25) is 9.69 Å². The van der Waals surface area contributed by atoms with Crippen molar-refractivity contribution >= 4 is 5.91 Å². The molecule has 1 aliphatic heterocycles. The maximum absolute atomic E-state index is 13.9. The molecule has 0 atom stereocenters. The number of nitrogens with zero attached hydrogens (tertiary/aromatic N) is 4. The summed E-state index contributed by atoms with van der Waals surface area (Å²) in [6.45, 7) is 4.56. The summed E-state index contributed by atoms with van der Waals surface area (Å²) in [6, 6.07) is 10.9. The van der Waals surface area contributed by atoms with Gasteiger partial charge in [0.2, 0.25) is 11.7 Å². The molecule has 150 valence electrons. The maximum atomic E-state index is 13.9. The number of hydrogen-bond donors (Lipinski definition) is 0. The molecule has 0 aliphatic carbocycles. The summed E-state index contributed by atoms with van der Waals surface area (Å²) >= 11 is 0. The molecule has 2 aromatic carbocycles. The number of rotatable bonds is 4. The van der Waals surface area contributed by atoms with Crippen LogP contribution in [0, 0.1) is 18.6 Å². The molecular formula is C21H20F2N4O2. The lowest BCUT2D eigenvalue weighted by Crippen LogP contribution is -2.48. The number of benzene rings is 2. The van der Waals surface area contributed by atoms with Crippen molar-refractivity contribution in [2.45, 2.75) is 13.5 Å². The van der Waals surface area contributed by atoms with Gasteiger partial charge in [0, 0.05) is 37.8 Å². The highest BCUT2D eigenvalue weighted by Crippen LogP contribution is 2.18. The van der Waals surface area contributed by atoms with E-state index in [-0.39, 0.29) is 5.56 Å². The minimum Gasteiger partial charge on any atom is -0.338 e. The highest BCUT2D eigenvalue weighted by atomic mass is 19.1. The van der Waals surface area contributed by atoms with E-state index < -0.39 is 17.5 Å². The standard InChI is InChI=1S/C21H20F2N4O2/c1-14-2-4-15(5-3-14)20-24-19(29-25-20)13-26-8-10-27(11-9-26)21(28)17-7-6-16(22)12-18(17)23/h2-7,12H,8-11,13H2,1H3. The third-order valence-electron chi connectivity index (χ3n) is 4.96. The molecule has 1 aromatic heterocycles. The first-order valence-corrected chi connectivity index (χ1v) is 9.36. The van der Waals surface area contributed by atoms with Gasteiger partial charge < -0.3 is 9.42 Å². The summed E-state index contributed by atoms with van der Waals surface area (Å²) in [6.07, 6.45) is 0. The number of aryl methyl sites for hydroxylation is 1.